The Bertz CT molecular complexity index is 998. The highest BCUT2D eigenvalue weighted by Gasteiger charge is 2.31. The molecular weight excluding hydrogens is 332 g/mol. The number of imidazole rings is 1. The lowest BCUT2D eigenvalue weighted by molar-refractivity contribution is 0.0596. The van der Waals surface area contributed by atoms with Crippen LogP contribution in [0.4, 0.5) is 0 Å². The standard InChI is InChI=1S/C19H18N4OS/c24-19(15-11-17-14(20-15)8-10-25-17)23-9-4-3-7-16(23)18-21-12-5-1-2-6-13(12)22-18/h1-2,5-6,8,10-11,16,20H,3-4,7,9H2,(H,21,22)/t16-/m0/s1. The van der Waals surface area contributed by atoms with Crippen LogP contribution in [0.1, 0.15) is 41.6 Å². The molecule has 0 bridgehead atoms. The maximum absolute atomic E-state index is 13.1. The van der Waals surface area contributed by atoms with Crippen LogP contribution in [-0.2, 0) is 0 Å². The van der Waals surface area contributed by atoms with Crippen molar-refractivity contribution in [3.05, 3.63) is 53.3 Å². The van der Waals surface area contributed by atoms with E-state index in [0.29, 0.717) is 5.69 Å². The molecule has 5 rings (SSSR count). The molecule has 3 aromatic heterocycles. The second-order valence-electron chi connectivity index (χ2n) is 6.53. The van der Waals surface area contributed by atoms with E-state index < -0.39 is 0 Å². The minimum absolute atomic E-state index is 0.00925. The number of fused-ring (bicyclic) bond motifs is 2. The number of hydrogen-bond acceptors (Lipinski definition) is 3. The van der Waals surface area contributed by atoms with Crippen molar-refractivity contribution in [3.8, 4) is 0 Å². The zero-order valence-corrected chi connectivity index (χ0v) is 14.5. The Hall–Kier alpha value is -2.60. The number of hydrogen-bond donors (Lipinski definition) is 2. The molecule has 1 saturated heterocycles. The minimum atomic E-state index is 0.00925. The van der Waals surface area contributed by atoms with E-state index in [0.717, 1.165) is 52.9 Å². The first kappa shape index (κ1) is 14.7. The van der Waals surface area contributed by atoms with Crippen LogP contribution < -0.4 is 0 Å². The van der Waals surface area contributed by atoms with Gasteiger partial charge in [-0.05, 0) is 48.9 Å². The zero-order valence-electron chi connectivity index (χ0n) is 13.7. The fourth-order valence-corrected chi connectivity index (χ4v) is 4.49. The number of aromatic nitrogens is 3. The summed E-state index contributed by atoms with van der Waals surface area (Å²) in [4.78, 5) is 26.5. The lowest BCUT2D eigenvalue weighted by atomic mass is 10.0. The summed E-state index contributed by atoms with van der Waals surface area (Å²) >= 11 is 1.65. The molecule has 2 N–H and O–H groups in total. The summed E-state index contributed by atoms with van der Waals surface area (Å²) in [5.41, 5.74) is 3.68. The number of piperidine rings is 1. The number of nitrogens with zero attached hydrogens (tertiary/aromatic N) is 2. The smallest absolute Gasteiger partial charge is 0.270 e. The molecule has 5 nitrogen and oxygen atoms in total. The van der Waals surface area contributed by atoms with Gasteiger partial charge in [0.05, 0.1) is 27.3 Å². The number of nitrogens with one attached hydrogen (secondary N) is 2. The number of rotatable bonds is 2. The van der Waals surface area contributed by atoms with Crippen LogP contribution in [0.25, 0.3) is 21.3 Å². The topological polar surface area (TPSA) is 64.8 Å². The summed E-state index contributed by atoms with van der Waals surface area (Å²) in [6, 6.07) is 12.0. The maximum Gasteiger partial charge on any atom is 0.270 e. The Balaban J connectivity index is 1.51. The van der Waals surface area contributed by atoms with E-state index in [-0.39, 0.29) is 11.9 Å². The molecule has 1 aliphatic heterocycles. The highest BCUT2D eigenvalue weighted by Crippen LogP contribution is 2.32. The van der Waals surface area contributed by atoms with E-state index in [1.54, 1.807) is 11.3 Å². The van der Waals surface area contributed by atoms with Gasteiger partial charge in [0, 0.05) is 6.54 Å². The fourth-order valence-electron chi connectivity index (χ4n) is 3.71. The Morgan fingerprint density at radius 3 is 2.96 bits per heavy atom. The van der Waals surface area contributed by atoms with Crippen molar-refractivity contribution in [3.63, 3.8) is 0 Å². The third-order valence-corrected chi connectivity index (χ3v) is 5.82. The number of para-hydroxylation sites is 2. The van der Waals surface area contributed by atoms with Gasteiger partial charge >= 0.3 is 0 Å². The quantitative estimate of drug-likeness (QED) is 0.560. The Morgan fingerprint density at radius 1 is 1.16 bits per heavy atom. The first-order valence-electron chi connectivity index (χ1n) is 8.61. The van der Waals surface area contributed by atoms with Crippen LogP contribution in [0.5, 0.6) is 0 Å². The number of aromatic amines is 2. The molecule has 0 radical (unpaired) electrons. The highest BCUT2D eigenvalue weighted by molar-refractivity contribution is 7.17. The fraction of sp³-hybridized carbons (Fsp3) is 0.263. The first-order chi connectivity index (χ1) is 12.3. The van der Waals surface area contributed by atoms with Crippen molar-refractivity contribution in [2.75, 3.05) is 6.54 Å². The number of H-pyrrole nitrogens is 2. The predicted octanol–water partition coefficient (Wildman–Crippen LogP) is 4.47. The SMILES string of the molecule is O=C(c1cc2sccc2[nH]1)N1CCCC[C@H]1c1nc2ccccc2[nH]1. The Morgan fingerprint density at radius 2 is 2.08 bits per heavy atom. The van der Waals surface area contributed by atoms with E-state index in [1.165, 1.54) is 0 Å². The third kappa shape index (κ3) is 2.44. The maximum atomic E-state index is 13.1. The highest BCUT2D eigenvalue weighted by atomic mass is 32.1. The number of benzene rings is 1. The van der Waals surface area contributed by atoms with E-state index in [4.69, 9.17) is 4.98 Å². The van der Waals surface area contributed by atoms with Crippen LogP contribution >= 0.6 is 11.3 Å². The molecule has 0 aliphatic carbocycles. The molecular formula is C19H18N4OS. The van der Waals surface area contributed by atoms with Gasteiger partial charge in [0.15, 0.2) is 0 Å². The molecule has 0 spiro atoms. The molecule has 1 fully saturated rings. The van der Waals surface area contributed by atoms with Gasteiger partial charge in [0.1, 0.15) is 11.5 Å². The van der Waals surface area contributed by atoms with Crippen LogP contribution in [-0.4, -0.2) is 32.3 Å². The molecule has 4 heterocycles. The number of thiophene rings is 1. The van der Waals surface area contributed by atoms with Gasteiger partial charge in [-0.15, -0.1) is 11.3 Å². The molecule has 0 unspecified atom stereocenters. The third-order valence-electron chi connectivity index (χ3n) is 4.96. The van der Waals surface area contributed by atoms with Crippen molar-refractivity contribution in [2.45, 2.75) is 25.3 Å². The first-order valence-corrected chi connectivity index (χ1v) is 9.49. The molecule has 1 atom stereocenters. The van der Waals surface area contributed by atoms with Crippen molar-refractivity contribution >= 4 is 38.5 Å². The van der Waals surface area contributed by atoms with Crippen LogP contribution in [0.15, 0.2) is 41.8 Å². The summed E-state index contributed by atoms with van der Waals surface area (Å²) in [6.45, 7) is 0.771. The van der Waals surface area contributed by atoms with Gasteiger partial charge in [0.2, 0.25) is 0 Å². The van der Waals surface area contributed by atoms with Gasteiger partial charge < -0.3 is 14.9 Å². The van der Waals surface area contributed by atoms with Crippen molar-refractivity contribution in [2.24, 2.45) is 0 Å². The molecule has 1 aromatic carbocycles. The van der Waals surface area contributed by atoms with E-state index in [1.807, 2.05) is 46.7 Å². The monoisotopic (exact) mass is 350 g/mol. The summed E-state index contributed by atoms with van der Waals surface area (Å²) in [6.07, 6.45) is 3.10. The molecule has 6 heteroatoms. The number of carbonyl (C=O) groups is 1. The summed E-state index contributed by atoms with van der Waals surface area (Å²) in [5, 5.41) is 2.04. The second-order valence-corrected chi connectivity index (χ2v) is 7.48. The minimum Gasteiger partial charge on any atom is -0.350 e. The lowest BCUT2D eigenvalue weighted by Crippen LogP contribution is -2.39. The van der Waals surface area contributed by atoms with Crippen LogP contribution in [0, 0.1) is 0 Å². The Kier molecular flexibility index (Phi) is 3.38. The summed E-state index contributed by atoms with van der Waals surface area (Å²) in [5.74, 6) is 0.955. The molecule has 1 aliphatic rings. The molecule has 25 heavy (non-hydrogen) atoms. The average molecular weight is 350 g/mol. The molecule has 4 aromatic rings. The molecule has 0 saturated carbocycles. The Labute approximate surface area is 148 Å². The number of amides is 1. The molecule has 1 amide bonds. The van der Waals surface area contributed by atoms with Crippen molar-refractivity contribution in [1.82, 2.24) is 19.9 Å². The van der Waals surface area contributed by atoms with Crippen LogP contribution in [0.3, 0.4) is 0 Å². The normalized spacial score (nSPS) is 18.2. The van der Waals surface area contributed by atoms with Crippen LogP contribution in [0.2, 0.25) is 0 Å². The second kappa shape index (κ2) is 5.74. The average Bonchev–Trinajstić information content (AvgIpc) is 3.34. The van der Waals surface area contributed by atoms with Crippen molar-refractivity contribution < 1.29 is 4.79 Å². The lowest BCUT2D eigenvalue weighted by Gasteiger charge is -2.34. The van der Waals surface area contributed by atoms with Gasteiger partial charge in [-0.3, -0.25) is 4.79 Å². The van der Waals surface area contributed by atoms with Gasteiger partial charge in [-0.25, -0.2) is 4.98 Å². The van der Waals surface area contributed by atoms with E-state index in [2.05, 4.69) is 9.97 Å². The van der Waals surface area contributed by atoms with Crippen molar-refractivity contribution in [1.29, 1.82) is 0 Å². The predicted molar refractivity (Wildman–Crippen MR) is 99.9 cm³/mol. The van der Waals surface area contributed by atoms with E-state index in [9.17, 15) is 4.79 Å². The summed E-state index contributed by atoms with van der Waals surface area (Å²) < 4.78 is 1.13. The van der Waals surface area contributed by atoms with Gasteiger partial charge in [0.25, 0.3) is 5.91 Å². The zero-order chi connectivity index (χ0) is 16.8. The van der Waals surface area contributed by atoms with Gasteiger partial charge in [-0.1, -0.05) is 12.1 Å². The molecule has 126 valence electrons. The number of carbonyl (C=O) groups excluding carboxylic acids is 1. The van der Waals surface area contributed by atoms with E-state index >= 15 is 0 Å². The number of likely N-dealkylation sites (tertiary alicyclic amines) is 1. The largest absolute Gasteiger partial charge is 0.350 e. The summed E-state index contributed by atoms with van der Waals surface area (Å²) in [7, 11) is 0. The van der Waals surface area contributed by atoms with Gasteiger partial charge in [-0.2, -0.15) is 0 Å².